The zero-order valence-corrected chi connectivity index (χ0v) is 11.0. The van der Waals surface area contributed by atoms with Crippen molar-refractivity contribution in [2.75, 3.05) is 11.9 Å². The molecule has 0 heterocycles. The van der Waals surface area contributed by atoms with Gasteiger partial charge in [0.25, 0.3) is 0 Å². The molecule has 1 atom stereocenters. The fourth-order valence-corrected chi connectivity index (χ4v) is 2.07. The maximum Gasteiger partial charge on any atom is 0.0411 e. The minimum absolute atomic E-state index is 0.568. The Balaban J connectivity index is 2.93. The van der Waals surface area contributed by atoms with Crippen molar-refractivity contribution in [1.82, 2.24) is 0 Å². The molecule has 2 nitrogen and oxygen atoms in total. The summed E-state index contributed by atoms with van der Waals surface area (Å²) in [5.41, 5.74) is 9.60. The van der Waals surface area contributed by atoms with Gasteiger partial charge in [0, 0.05) is 25.3 Å². The van der Waals surface area contributed by atoms with Crippen LogP contribution >= 0.6 is 0 Å². The van der Waals surface area contributed by atoms with Crippen molar-refractivity contribution < 1.29 is 0 Å². The van der Waals surface area contributed by atoms with Crippen LogP contribution in [0.4, 0.5) is 5.69 Å². The molecule has 0 aliphatic heterocycles. The standard InChI is InChI=1S/C14H24N2/c1-5-6-12(3)16(4)14-8-7-11(2)9-13(14)10-15/h7-9,12H,5-6,10,15H2,1-4H3. The summed E-state index contributed by atoms with van der Waals surface area (Å²) in [5, 5.41) is 0. The maximum atomic E-state index is 5.80. The van der Waals surface area contributed by atoms with Gasteiger partial charge in [-0.2, -0.15) is 0 Å². The second-order valence-electron chi connectivity index (χ2n) is 4.58. The highest BCUT2D eigenvalue weighted by Crippen LogP contribution is 2.23. The highest BCUT2D eigenvalue weighted by molar-refractivity contribution is 5.55. The molecule has 0 saturated heterocycles. The third-order valence-electron chi connectivity index (χ3n) is 3.20. The fraction of sp³-hybridized carbons (Fsp3) is 0.571. The molecule has 0 fully saturated rings. The van der Waals surface area contributed by atoms with Crippen molar-refractivity contribution in [3.8, 4) is 0 Å². The average Bonchev–Trinajstić information content (AvgIpc) is 2.28. The predicted octanol–water partition coefficient (Wildman–Crippen LogP) is 3.08. The molecule has 16 heavy (non-hydrogen) atoms. The summed E-state index contributed by atoms with van der Waals surface area (Å²) < 4.78 is 0. The van der Waals surface area contributed by atoms with E-state index in [-0.39, 0.29) is 0 Å². The number of hydrogen-bond acceptors (Lipinski definition) is 2. The molecule has 0 spiro atoms. The zero-order valence-electron chi connectivity index (χ0n) is 11.0. The molecule has 2 N–H and O–H groups in total. The lowest BCUT2D eigenvalue weighted by molar-refractivity contribution is 0.614. The number of nitrogens with two attached hydrogens (primary N) is 1. The molecular weight excluding hydrogens is 196 g/mol. The molecule has 1 rings (SSSR count). The van der Waals surface area contributed by atoms with Crippen molar-refractivity contribution in [2.45, 2.75) is 46.2 Å². The van der Waals surface area contributed by atoms with Gasteiger partial charge in [-0.05, 0) is 31.9 Å². The molecule has 90 valence electrons. The Kier molecular flexibility index (Phi) is 4.81. The molecule has 0 aliphatic rings. The third kappa shape index (κ3) is 2.99. The number of anilines is 1. The second kappa shape index (κ2) is 5.90. The molecule has 0 amide bonds. The lowest BCUT2D eigenvalue weighted by Crippen LogP contribution is -2.29. The highest BCUT2D eigenvalue weighted by Gasteiger charge is 2.12. The van der Waals surface area contributed by atoms with Gasteiger partial charge >= 0.3 is 0 Å². The van der Waals surface area contributed by atoms with Crippen LogP contribution in [-0.4, -0.2) is 13.1 Å². The normalized spacial score (nSPS) is 12.6. The highest BCUT2D eigenvalue weighted by atomic mass is 15.1. The van der Waals surface area contributed by atoms with Crippen LogP contribution in [0.15, 0.2) is 18.2 Å². The molecule has 1 aromatic rings. The van der Waals surface area contributed by atoms with Crippen LogP contribution in [-0.2, 0) is 6.54 Å². The van der Waals surface area contributed by atoms with Gasteiger partial charge in [0.15, 0.2) is 0 Å². The Morgan fingerprint density at radius 1 is 1.38 bits per heavy atom. The van der Waals surface area contributed by atoms with E-state index in [4.69, 9.17) is 5.73 Å². The van der Waals surface area contributed by atoms with Crippen LogP contribution in [0.5, 0.6) is 0 Å². The fourth-order valence-electron chi connectivity index (χ4n) is 2.07. The molecule has 1 aromatic carbocycles. The lowest BCUT2D eigenvalue weighted by Gasteiger charge is -2.29. The second-order valence-corrected chi connectivity index (χ2v) is 4.58. The smallest absolute Gasteiger partial charge is 0.0411 e. The average molecular weight is 220 g/mol. The van der Waals surface area contributed by atoms with Gasteiger partial charge < -0.3 is 10.6 Å². The topological polar surface area (TPSA) is 29.3 Å². The van der Waals surface area contributed by atoms with E-state index in [1.54, 1.807) is 0 Å². The molecule has 2 heteroatoms. The Labute approximate surface area is 99.5 Å². The Hall–Kier alpha value is -1.02. The monoisotopic (exact) mass is 220 g/mol. The molecular formula is C14H24N2. The summed E-state index contributed by atoms with van der Waals surface area (Å²) in [4.78, 5) is 2.34. The Bertz CT molecular complexity index is 334. The van der Waals surface area contributed by atoms with Gasteiger partial charge in [0.2, 0.25) is 0 Å². The van der Waals surface area contributed by atoms with Gasteiger partial charge in [-0.3, -0.25) is 0 Å². The van der Waals surface area contributed by atoms with Crippen molar-refractivity contribution in [3.63, 3.8) is 0 Å². The Morgan fingerprint density at radius 2 is 2.06 bits per heavy atom. The van der Waals surface area contributed by atoms with Gasteiger partial charge in [0.1, 0.15) is 0 Å². The molecule has 0 bridgehead atoms. The van der Waals surface area contributed by atoms with Crippen molar-refractivity contribution in [2.24, 2.45) is 5.73 Å². The summed E-state index contributed by atoms with van der Waals surface area (Å²) in [5.74, 6) is 0. The predicted molar refractivity (Wildman–Crippen MR) is 71.8 cm³/mol. The van der Waals surface area contributed by atoms with Gasteiger partial charge in [-0.15, -0.1) is 0 Å². The van der Waals surface area contributed by atoms with Crippen molar-refractivity contribution in [1.29, 1.82) is 0 Å². The van der Waals surface area contributed by atoms with Crippen LogP contribution in [0, 0.1) is 6.92 Å². The maximum absolute atomic E-state index is 5.80. The van der Waals surface area contributed by atoms with E-state index in [1.807, 2.05) is 0 Å². The van der Waals surface area contributed by atoms with Crippen LogP contribution in [0.2, 0.25) is 0 Å². The number of nitrogens with zero attached hydrogens (tertiary/aromatic N) is 1. The lowest BCUT2D eigenvalue weighted by atomic mass is 10.1. The van der Waals surface area contributed by atoms with Crippen LogP contribution < -0.4 is 10.6 Å². The number of hydrogen-bond donors (Lipinski definition) is 1. The third-order valence-corrected chi connectivity index (χ3v) is 3.20. The number of rotatable bonds is 5. The minimum Gasteiger partial charge on any atom is -0.372 e. The molecule has 0 radical (unpaired) electrons. The zero-order chi connectivity index (χ0) is 12.1. The van der Waals surface area contributed by atoms with Crippen molar-refractivity contribution in [3.05, 3.63) is 29.3 Å². The van der Waals surface area contributed by atoms with E-state index in [0.717, 1.165) is 0 Å². The van der Waals surface area contributed by atoms with E-state index in [0.29, 0.717) is 12.6 Å². The summed E-state index contributed by atoms with van der Waals surface area (Å²) in [7, 11) is 2.16. The first-order valence-electron chi connectivity index (χ1n) is 6.12. The van der Waals surface area contributed by atoms with Crippen LogP contribution in [0.25, 0.3) is 0 Å². The first-order valence-corrected chi connectivity index (χ1v) is 6.12. The molecule has 0 aliphatic carbocycles. The first-order chi connectivity index (χ1) is 7.60. The summed E-state index contributed by atoms with van der Waals surface area (Å²) in [6, 6.07) is 7.09. The number of benzene rings is 1. The van der Waals surface area contributed by atoms with Crippen molar-refractivity contribution >= 4 is 5.69 Å². The van der Waals surface area contributed by atoms with E-state index in [9.17, 15) is 0 Å². The van der Waals surface area contributed by atoms with E-state index < -0.39 is 0 Å². The largest absolute Gasteiger partial charge is 0.372 e. The quantitative estimate of drug-likeness (QED) is 0.826. The van der Waals surface area contributed by atoms with Crippen LogP contribution in [0.3, 0.4) is 0 Å². The minimum atomic E-state index is 0.568. The van der Waals surface area contributed by atoms with E-state index >= 15 is 0 Å². The van der Waals surface area contributed by atoms with E-state index in [2.05, 4.69) is 50.9 Å². The van der Waals surface area contributed by atoms with Gasteiger partial charge in [-0.25, -0.2) is 0 Å². The van der Waals surface area contributed by atoms with Crippen LogP contribution in [0.1, 0.15) is 37.8 Å². The summed E-state index contributed by atoms with van der Waals surface area (Å²) >= 11 is 0. The first kappa shape index (κ1) is 13.0. The SMILES string of the molecule is CCCC(C)N(C)c1ccc(C)cc1CN. The summed E-state index contributed by atoms with van der Waals surface area (Å²) in [6.07, 6.45) is 2.43. The molecule has 0 aromatic heterocycles. The summed E-state index contributed by atoms with van der Waals surface area (Å²) in [6.45, 7) is 7.21. The van der Waals surface area contributed by atoms with Gasteiger partial charge in [0.05, 0.1) is 0 Å². The molecule has 0 saturated carbocycles. The molecule has 1 unspecified atom stereocenters. The number of aryl methyl sites for hydroxylation is 1. The van der Waals surface area contributed by atoms with E-state index in [1.165, 1.54) is 29.7 Å². The van der Waals surface area contributed by atoms with Gasteiger partial charge in [-0.1, -0.05) is 31.0 Å². The Morgan fingerprint density at radius 3 is 2.62 bits per heavy atom.